The molecule has 0 radical (unpaired) electrons. The second-order valence-corrected chi connectivity index (χ2v) is 5.35. The highest BCUT2D eigenvalue weighted by molar-refractivity contribution is 6.19. The smallest absolute Gasteiger partial charge is 0.275 e. The van der Waals surface area contributed by atoms with Crippen molar-refractivity contribution in [2.75, 3.05) is 13.2 Å². The fourth-order valence-corrected chi connectivity index (χ4v) is 2.52. The molecule has 0 aliphatic carbocycles. The maximum Gasteiger partial charge on any atom is 0.275 e. The monoisotopic (exact) mass is 324 g/mol. The van der Waals surface area contributed by atoms with E-state index in [4.69, 9.17) is 9.47 Å². The van der Waals surface area contributed by atoms with Gasteiger partial charge in [0.15, 0.2) is 11.5 Å². The topological polar surface area (TPSA) is 59.9 Å². The van der Waals surface area contributed by atoms with E-state index < -0.39 is 0 Å². The molecule has 0 spiro atoms. The van der Waals surface area contributed by atoms with Gasteiger partial charge in [-0.15, -0.1) is 0 Å². The van der Waals surface area contributed by atoms with Crippen molar-refractivity contribution < 1.29 is 18.7 Å². The Labute approximate surface area is 137 Å². The van der Waals surface area contributed by atoms with Gasteiger partial charge >= 0.3 is 0 Å². The molecule has 0 unspecified atom stereocenters. The van der Waals surface area contributed by atoms with Crippen LogP contribution < -0.4 is 14.8 Å². The molecular formula is C18H13FN2O3. The van der Waals surface area contributed by atoms with Gasteiger partial charge in [-0.1, -0.05) is 6.07 Å². The fourth-order valence-electron chi connectivity index (χ4n) is 2.52. The van der Waals surface area contributed by atoms with Crippen LogP contribution in [-0.4, -0.2) is 25.0 Å². The van der Waals surface area contributed by atoms with Crippen LogP contribution in [0.25, 0.3) is 6.08 Å². The van der Waals surface area contributed by atoms with E-state index in [1.807, 2.05) is 6.07 Å². The molecule has 1 amide bonds. The van der Waals surface area contributed by atoms with Gasteiger partial charge in [0.1, 0.15) is 30.6 Å². The number of carbonyl (C=O) groups excluding carboxylic acids is 1. The lowest BCUT2D eigenvalue weighted by Crippen LogP contribution is -2.24. The zero-order chi connectivity index (χ0) is 16.5. The third kappa shape index (κ3) is 2.74. The first-order chi connectivity index (χ1) is 11.7. The average molecular weight is 324 g/mol. The number of aliphatic imine (C=N–C) groups is 1. The lowest BCUT2D eigenvalue weighted by Gasteiger charge is -2.18. The third-order valence-corrected chi connectivity index (χ3v) is 3.68. The summed E-state index contributed by atoms with van der Waals surface area (Å²) in [4.78, 5) is 16.4. The molecule has 2 aliphatic rings. The second-order valence-electron chi connectivity index (χ2n) is 5.35. The zero-order valence-corrected chi connectivity index (χ0v) is 12.6. The predicted octanol–water partition coefficient (Wildman–Crippen LogP) is 2.51. The molecule has 0 saturated heterocycles. The molecular weight excluding hydrogens is 311 g/mol. The number of hydrogen-bond donors (Lipinski definition) is 1. The van der Waals surface area contributed by atoms with Crippen LogP contribution in [0.1, 0.15) is 11.1 Å². The van der Waals surface area contributed by atoms with Crippen LogP contribution in [-0.2, 0) is 4.79 Å². The van der Waals surface area contributed by atoms with E-state index in [2.05, 4.69) is 10.3 Å². The van der Waals surface area contributed by atoms with Crippen LogP contribution in [0.2, 0.25) is 0 Å². The van der Waals surface area contributed by atoms with E-state index in [0.717, 1.165) is 5.56 Å². The molecule has 0 bridgehead atoms. The van der Waals surface area contributed by atoms with E-state index in [-0.39, 0.29) is 17.4 Å². The molecule has 0 fully saturated rings. The van der Waals surface area contributed by atoms with Crippen molar-refractivity contribution >= 4 is 17.8 Å². The van der Waals surface area contributed by atoms with Crippen molar-refractivity contribution in [3.05, 3.63) is 65.1 Å². The second kappa shape index (κ2) is 5.81. The Morgan fingerprint density at radius 3 is 2.58 bits per heavy atom. The number of halogens is 1. The number of ether oxygens (including phenoxy) is 2. The van der Waals surface area contributed by atoms with Gasteiger partial charge in [-0.2, -0.15) is 0 Å². The number of hydrogen-bond acceptors (Lipinski definition) is 4. The van der Waals surface area contributed by atoms with Crippen molar-refractivity contribution in [1.82, 2.24) is 5.32 Å². The molecule has 120 valence electrons. The van der Waals surface area contributed by atoms with Crippen molar-refractivity contribution in [1.29, 1.82) is 0 Å². The molecule has 1 N–H and O–H groups in total. The summed E-state index contributed by atoms with van der Waals surface area (Å²) >= 11 is 0. The molecule has 2 aliphatic heterocycles. The van der Waals surface area contributed by atoms with Gasteiger partial charge in [0.05, 0.1) is 0 Å². The molecule has 2 aromatic carbocycles. The number of rotatable bonds is 2. The Bertz CT molecular complexity index is 872. The van der Waals surface area contributed by atoms with Gasteiger partial charge in [0.25, 0.3) is 5.91 Å². The number of carbonyl (C=O) groups is 1. The van der Waals surface area contributed by atoms with Gasteiger partial charge in [-0.25, -0.2) is 9.38 Å². The minimum atomic E-state index is -0.337. The Morgan fingerprint density at radius 1 is 1.04 bits per heavy atom. The summed E-state index contributed by atoms with van der Waals surface area (Å²) in [6.07, 6.45) is 1.67. The third-order valence-electron chi connectivity index (χ3n) is 3.68. The summed E-state index contributed by atoms with van der Waals surface area (Å²) in [5.41, 5.74) is 1.72. The van der Waals surface area contributed by atoms with Crippen LogP contribution in [0, 0.1) is 5.82 Å². The minimum absolute atomic E-state index is 0.283. The van der Waals surface area contributed by atoms with Crippen LogP contribution in [0.15, 0.2) is 53.2 Å². The molecule has 2 heterocycles. The first-order valence-corrected chi connectivity index (χ1v) is 7.46. The maximum atomic E-state index is 13.0. The number of fused-ring (bicyclic) bond motifs is 1. The molecule has 0 saturated carbocycles. The quantitative estimate of drug-likeness (QED) is 0.864. The zero-order valence-electron chi connectivity index (χ0n) is 12.6. The van der Waals surface area contributed by atoms with E-state index in [9.17, 15) is 9.18 Å². The first kappa shape index (κ1) is 14.4. The van der Waals surface area contributed by atoms with Gasteiger partial charge in [-0.05, 0) is 48.0 Å². The SMILES string of the molecule is O=C1NC(c2ccc(F)cc2)=N/C1=C/c1ccc2c(c1)OCCO2. The van der Waals surface area contributed by atoms with Crippen LogP contribution in [0.4, 0.5) is 4.39 Å². The molecule has 0 atom stereocenters. The number of amidine groups is 1. The summed E-state index contributed by atoms with van der Waals surface area (Å²) in [5.74, 6) is 1.11. The number of nitrogens with one attached hydrogen (secondary N) is 1. The van der Waals surface area contributed by atoms with Crippen molar-refractivity contribution in [2.45, 2.75) is 0 Å². The fraction of sp³-hybridized carbons (Fsp3) is 0.111. The van der Waals surface area contributed by atoms with E-state index in [1.165, 1.54) is 12.1 Å². The standard InChI is InChI=1S/C18H13FN2O3/c19-13-4-2-12(3-5-13)17-20-14(18(22)21-17)9-11-1-6-15-16(10-11)24-8-7-23-15/h1-6,9-10H,7-8H2,(H,20,21,22)/b14-9+. The van der Waals surface area contributed by atoms with Gasteiger partial charge in [-0.3, -0.25) is 4.79 Å². The minimum Gasteiger partial charge on any atom is -0.486 e. The first-order valence-electron chi connectivity index (χ1n) is 7.46. The van der Waals surface area contributed by atoms with Crippen LogP contribution in [0.5, 0.6) is 11.5 Å². The Morgan fingerprint density at radius 2 is 1.79 bits per heavy atom. The summed E-state index contributed by atoms with van der Waals surface area (Å²) in [5, 5.41) is 2.69. The van der Waals surface area contributed by atoms with Crippen LogP contribution >= 0.6 is 0 Å². The highest BCUT2D eigenvalue weighted by atomic mass is 19.1. The van der Waals surface area contributed by atoms with E-state index >= 15 is 0 Å². The summed E-state index contributed by atoms with van der Waals surface area (Å²) in [6.45, 7) is 1.03. The number of nitrogens with zero attached hydrogens (tertiary/aromatic N) is 1. The van der Waals surface area contributed by atoms with Crippen molar-refractivity contribution in [3.8, 4) is 11.5 Å². The molecule has 0 aromatic heterocycles. The van der Waals surface area contributed by atoms with Gasteiger partial charge in [0, 0.05) is 5.56 Å². The summed E-state index contributed by atoms with van der Waals surface area (Å²) in [7, 11) is 0. The Hall–Kier alpha value is -3.15. The van der Waals surface area contributed by atoms with E-state index in [0.29, 0.717) is 36.1 Å². The number of benzene rings is 2. The lowest BCUT2D eigenvalue weighted by atomic mass is 10.1. The Kier molecular flexibility index (Phi) is 3.49. The molecule has 2 aromatic rings. The summed E-state index contributed by atoms with van der Waals surface area (Å²) in [6, 6.07) is 11.2. The molecule has 6 heteroatoms. The average Bonchev–Trinajstić information content (AvgIpc) is 2.96. The molecule has 4 rings (SSSR count). The van der Waals surface area contributed by atoms with Gasteiger partial charge < -0.3 is 14.8 Å². The molecule has 24 heavy (non-hydrogen) atoms. The normalized spacial score (nSPS) is 17.6. The van der Waals surface area contributed by atoms with E-state index in [1.54, 1.807) is 30.3 Å². The van der Waals surface area contributed by atoms with Crippen LogP contribution in [0.3, 0.4) is 0 Å². The van der Waals surface area contributed by atoms with Crippen molar-refractivity contribution in [3.63, 3.8) is 0 Å². The van der Waals surface area contributed by atoms with Crippen molar-refractivity contribution in [2.24, 2.45) is 4.99 Å². The predicted molar refractivity (Wildman–Crippen MR) is 86.5 cm³/mol. The molecule has 5 nitrogen and oxygen atoms in total. The maximum absolute atomic E-state index is 13.0. The lowest BCUT2D eigenvalue weighted by molar-refractivity contribution is -0.115. The highest BCUT2D eigenvalue weighted by Crippen LogP contribution is 2.31. The Balaban J connectivity index is 1.64. The summed E-state index contributed by atoms with van der Waals surface area (Å²) < 4.78 is 24.0. The largest absolute Gasteiger partial charge is 0.486 e. The number of amides is 1. The highest BCUT2D eigenvalue weighted by Gasteiger charge is 2.21. The van der Waals surface area contributed by atoms with Gasteiger partial charge in [0.2, 0.25) is 0 Å².